The average Bonchev–Trinajstić information content (AvgIpc) is 2.52. The number of piperazine rings is 1. The summed E-state index contributed by atoms with van der Waals surface area (Å²) in [5.41, 5.74) is -0.305. The number of rotatable bonds is 2. The van der Waals surface area contributed by atoms with Crippen molar-refractivity contribution in [1.29, 1.82) is 0 Å². The Balaban J connectivity index is 2.08. The Bertz CT molecular complexity index is 732. The normalized spacial score (nSPS) is 17.8. The van der Waals surface area contributed by atoms with E-state index in [4.69, 9.17) is 4.74 Å². The molecular weight excluding hydrogens is 406 g/mol. The lowest BCUT2D eigenvalue weighted by atomic mass is 10.1. The number of carbonyl (C=O) groups is 2. The van der Waals surface area contributed by atoms with Gasteiger partial charge in [-0.3, -0.25) is 14.9 Å². The minimum absolute atomic E-state index is 0.0868. The minimum Gasteiger partial charge on any atom is -0.444 e. The Hall–Kier alpha value is -2.16. The van der Waals surface area contributed by atoms with Crippen LogP contribution in [0.4, 0.5) is 10.5 Å². The molecule has 1 heterocycles. The smallest absolute Gasteiger partial charge is 0.410 e. The number of nitro benzene ring substituents is 1. The summed E-state index contributed by atoms with van der Waals surface area (Å²) in [4.78, 5) is 38.6. The summed E-state index contributed by atoms with van der Waals surface area (Å²) in [6.45, 7) is 8.37. The van der Waals surface area contributed by atoms with E-state index >= 15 is 0 Å². The lowest BCUT2D eigenvalue weighted by Crippen LogP contribution is -2.56. The van der Waals surface area contributed by atoms with Crippen molar-refractivity contribution in [3.8, 4) is 0 Å². The van der Waals surface area contributed by atoms with E-state index in [-0.39, 0.29) is 17.6 Å². The molecular formula is C17H22BrN3O5. The first kappa shape index (κ1) is 20.2. The maximum absolute atomic E-state index is 12.8. The second kappa shape index (κ2) is 7.61. The molecule has 1 aliphatic heterocycles. The number of hydrogen-bond donors (Lipinski definition) is 0. The standard InChI is InChI=1S/C17H22BrN3O5/c1-11-10-19(16(23)26-17(2,3)4)7-8-20(11)15(22)13-6-5-12(21(24)25)9-14(13)18/h5-6,9,11H,7-8,10H2,1-4H3. The third-order valence-corrected chi connectivity index (χ3v) is 4.59. The van der Waals surface area contributed by atoms with Crippen molar-refractivity contribution in [2.75, 3.05) is 19.6 Å². The fourth-order valence-corrected chi connectivity index (χ4v) is 3.23. The highest BCUT2D eigenvalue weighted by Crippen LogP contribution is 2.26. The van der Waals surface area contributed by atoms with Crippen molar-refractivity contribution in [1.82, 2.24) is 9.80 Å². The monoisotopic (exact) mass is 427 g/mol. The van der Waals surface area contributed by atoms with Crippen LogP contribution in [0, 0.1) is 10.1 Å². The van der Waals surface area contributed by atoms with Crippen LogP contribution >= 0.6 is 15.9 Å². The first-order chi connectivity index (χ1) is 12.0. The summed E-state index contributed by atoms with van der Waals surface area (Å²) >= 11 is 3.23. The number of halogens is 1. The van der Waals surface area contributed by atoms with Gasteiger partial charge in [0.25, 0.3) is 11.6 Å². The quantitative estimate of drug-likeness (QED) is 0.532. The molecule has 1 aromatic rings. The molecule has 0 N–H and O–H groups in total. The van der Waals surface area contributed by atoms with Crippen LogP contribution in [0.25, 0.3) is 0 Å². The molecule has 0 saturated carbocycles. The number of ether oxygens (including phenoxy) is 1. The molecule has 0 aromatic heterocycles. The van der Waals surface area contributed by atoms with Crippen LogP contribution < -0.4 is 0 Å². The molecule has 142 valence electrons. The predicted molar refractivity (Wildman–Crippen MR) is 99.1 cm³/mol. The molecule has 1 saturated heterocycles. The van der Waals surface area contributed by atoms with E-state index in [0.29, 0.717) is 29.7 Å². The number of hydrogen-bond acceptors (Lipinski definition) is 5. The molecule has 0 spiro atoms. The molecule has 1 aliphatic rings. The van der Waals surface area contributed by atoms with Gasteiger partial charge in [-0.2, -0.15) is 0 Å². The first-order valence-electron chi connectivity index (χ1n) is 8.22. The molecule has 1 unspecified atom stereocenters. The number of carbonyl (C=O) groups excluding carboxylic acids is 2. The van der Waals surface area contributed by atoms with Gasteiger partial charge in [0.05, 0.1) is 10.5 Å². The molecule has 26 heavy (non-hydrogen) atoms. The van der Waals surface area contributed by atoms with E-state index in [1.807, 2.05) is 6.92 Å². The predicted octanol–water partition coefficient (Wildman–Crippen LogP) is 3.44. The fraction of sp³-hybridized carbons (Fsp3) is 0.529. The van der Waals surface area contributed by atoms with Gasteiger partial charge in [0, 0.05) is 42.3 Å². The molecule has 1 atom stereocenters. The largest absolute Gasteiger partial charge is 0.444 e. The maximum atomic E-state index is 12.8. The van der Waals surface area contributed by atoms with Gasteiger partial charge in [-0.1, -0.05) is 0 Å². The van der Waals surface area contributed by atoms with Gasteiger partial charge in [0.15, 0.2) is 0 Å². The lowest BCUT2D eigenvalue weighted by molar-refractivity contribution is -0.384. The van der Waals surface area contributed by atoms with Crippen molar-refractivity contribution >= 4 is 33.6 Å². The number of amides is 2. The zero-order valence-corrected chi connectivity index (χ0v) is 16.8. The summed E-state index contributed by atoms with van der Waals surface area (Å²) in [6.07, 6.45) is -0.395. The van der Waals surface area contributed by atoms with Crippen molar-refractivity contribution in [3.63, 3.8) is 0 Å². The number of non-ortho nitro benzene ring substituents is 1. The van der Waals surface area contributed by atoms with Crippen LogP contribution in [0.1, 0.15) is 38.1 Å². The summed E-state index contributed by atoms with van der Waals surface area (Å²) in [5, 5.41) is 10.8. The van der Waals surface area contributed by atoms with Crippen molar-refractivity contribution in [2.45, 2.75) is 39.3 Å². The van der Waals surface area contributed by atoms with E-state index < -0.39 is 16.6 Å². The summed E-state index contributed by atoms with van der Waals surface area (Å²) < 4.78 is 5.75. The van der Waals surface area contributed by atoms with Crippen LogP contribution in [0.15, 0.2) is 22.7 Å². The Labute approximate surface area is 160 Å². The summed E-state index contributed by atoms with van der Waals surface area (Å²) in [5.74, 6) is -0.233. The van der Waals surface area contributed by atoms with E-state index in [1.165, 1.54) is 18.2 Å². The molecule has 9 heteroatoms. The SMILES string of the molecule is CC1CN(C(=O)OC(C)(C)C)CCN1C(=O)c1ccc([N+](=O)[O-])cc1Br. The Morgan fingerprint density at radius 1 is 1.31 bits per heavy atom. The summed E-state index contributed by atoms with van der Waals surface area (Å²) in [6, 6.07) is 3.86. The van der Waals surface area contributed by atoms with Gasteiger partial charge in [-0.05, 0) is 49.7 Å². The highest BCUT2D eigenvalue weighted by molar-refractivity contribution is 9.10. The van der Waals surface area contributed by atoms with Crippen LogP contribution in [0.2, 0.25) is 0 Å². The van der Waals surface area contributed by atoms with Gasteiger partial charge >= 0.3 is 6.09 Å². The van der Waals surface area contributed by atoms with Crippen molar-refractivity contribution in [2.24, 2.45) is 0 Å². The van der Waals surface area contributed by atoms with Gasteiger partial charge in [0.1, 0.15) is 5.60 Å². The lowest BCUT2D eigenvalue weighted by Gasteiger charge is -2.40. The van der Waals surface area contributed by atoms with Gasteiger partial charge in [0.2, 0.25) is 0 Å². The second-order valence-electron chi connectivity index (χ2n) is 7.20. The zero-order valence-electron chi connectivity index (χ0n) is 15.2. The molecule has 8 nitrogen and oxygen atoms in total. The average molecular weight is 428 g/mol. The van der Waals surface area contributed by atoms with Crippen molar-refractivity contribution in [3.05, 3.63) is 38.3 Å². The molecule has 2 rings (SSSR count). The third-order valence-electron chi connectivity index (χ3n) is 3.93. The Kier molecular flexibility index (Phi) is 5.90. The molecule has 0 bridgehead atoms. The van der Waals surface area contributed by atoms with Crippen LogP contribution in [0.5, 0.6) is 0 Å². The van der Waals surface area contributed by atoms with E-state index in [2.05, 4.69) is 15.9 Å². The highest BCUT2D eigenvalue weighted by atomic mass is 79.9. The fourth-order valence-electron chi connectivity index (χ4n) is 2.70. The van der Waals surface area contributed by atoms with E-state index in [9.17, 15) is 19.7 Å². The maximum Gasteiger partial charge on any atom is 0.410 e. The van der Waals surface area contributed by atoms with Gasteiger partial charge in [-0.15, -0.1) is 0 Å². The van der Waals surface area contributed by atoms with Crippen molar-refractivity contribution < 1.29 is 19.2 Å². The first-order valence-corrected chi connectivity index (χ1v) is 9.01. The molecule has 1 aromatic carbocycles. The third kappa shape index (κ3) is 4.72. The Morgan fingerprint density at radius 3 is 2.46 bits per heavy atom. The highest BCUT2D eigenvalue weighted by Gasteiger charge is 2.33. The van der Waals surface area contributed by atoms with Crippen LogP contribution in [-0.2, 0) is 4.74 Å². The van der Waals surface area contributed by atoms with Crippen LogP contribution in [0.3, 0.4) is 0 Å². The van der Waals surface area contributed by atoms with Gasteiger partial charge < -0.3 is 14.5 Å². The molecule has 1 fully saturated rings. The topological polar surface area (TPSA) is 93.0 Å². The number of nitro groups is 1. The number of benzene rings is 1. The molecule has 2 amide bonds. The molecule has 0 radical (unpaired) electrons. The van der Waals surface area contributed by atoms with E-state index in [0.717, 1.165) is 0 Å². The molecule has 0 aliphatic carbocycles. The minimum atomic E-state index is -0.573. The van der Waals surface area contributed by atoms with Gasteiger partial charge in [-0.25, -0.2) is 4.79 Å². The van der Waals surface area contributed by atoms with E-state index in [1.54, 1.807) is 30.6 Å². The zero-order chi connectivity index (χ0) is 19.6. The number of nitrogens with zero attached hydrogens (tertiary/aromatic N) is 3. The second-order valence-corrected chi connectivity index (χ2v) is 8.05. The van der Waals surface area contributed by atoms with Crippen LogP contribution in [-0.4, -0.2) is 58.0 Å². The Morgan fingerprint density at radius 2 is 1.96 bits per heavy atom. The summed E-state index contributed by atoms with van der Waals surface area (Å²) in [7, 11) is 0.